The fourth-order valence-corrected chi connectivity index (χ4v) is 4.05. The van der Waals surface area contributed by atoms with Crippen molar-refractivity contribution in [2.75, 3.05) is 11.5 Å². The number of hydrogen-bond acceptors (Lipinski definition) is 5. The van der Waals surface area contributed by atoms with E-state index >= 15 is 0 Å². The topological polar surface area (TPSA) is 84.9 Å². The van der Waals surface area contributed by atoms with Crippen molar-refractivity contribution in [3.8, 4) is 11.5 Å². The van der Waals surface area contributed by atoms with Crippen molar-refractivity contribution in [3.63, 3.8) is 0 Å². The summed E-state index contributed by atoms with van der Waals surface area (Å²) in [5, 5.41) is 2.52. The van der Waals surface area contributed by atoms with E-state index < -0.39 is 17.8 Å². The van der Waals surface area contributed by atoms with E-state index in [0.29, 0.717) is 41.0 Å². The molecule has 0 spiro atoms. The predicted molar refractivity (Wildman–Crippen MR) is 137 cm³/mol. The fraction of sp³-hybridized carbons (Fsp3) is 0.115. The molecule has 1 saturated heterocycles. The highest BCUT2D eigenvalue weighted by Crippen LogP contribution is 2.29. The molecule has 0 aliphatic carbocycles. The first-order chi connectivity index (χ1) is 16.9. The number of carbonyl (C=O) groups excluding carboxylic acids is 3. The van der Waals surface area contributed by atoms with Gasteiger partial charge in [-0.15, -0.1) is 0 Å². The first-order valence-electron chi connectivity index (χ1n) is 10.7. The van der Waals surface area contributed by atoms with E-state index in [1.54, 1.807) is 42.5 Å². The van der Waals surface area contributed by atoms with Gasteiger partial charge in [-0.25, -0.2) is 9.69 Å². The number of rotatable bonds is 7. The molecule has 0 aromatic heterocycles. The Morgan fingerprint density at radius 2 is 1.74 bits per heavy atom. The number of urea groups is 1. The van der Waals surface area contributed by atoms with Gasteiger partial charge in [0.2, 0.25) is 0 Å². The highest BCUT2D eigenvalue weighted by atomic mass is 79.9. The quantitative estimate of drug-likeness (QED) is 0.297. The molecule has 4 amide bonds. The Balaban J connectivity index is 1.55. The number of nitrogens with zero attached hydrogens (tertiary/aromatic N) is 1. The van der Waals surface area contributed by atoms with Crippen molar-refractivity contribution < 1.29 is 23.9 Å². The zero-order valence-corrected chi connectivity index (χ0v) is 20.9. The summed E-state index contributed by atoms with van der Waals surface area (Å²) in [4.78, 5) is 38.8. The average molecular weight is 556 g/mol. The third-order valence-corrected chi connectivity index (χ3v) is 6.18. The summed E-state index contributed by atoms with van der Waals surface area (Å²) in [6.45, 7) is 2.65. The lowest BCUT2D eigenvalue weighted by Gasteiger charge is -2.26. The van der Waals surface area contributed by atoms with Gasteiger partial charge in [0.05, 0.1) is 17.3 Å². The van der Waals surface area contributed by atoms with Gasteiger partial charge in [0.25, 0.3) is 11.8 Å². The van der Waals surface area contributed by atoms with E-state index in [0.717, 1.165) is 14.9 Å². The molecule has 1 N–H and O–H groups in total. The van der Waals surface area contributed by atoms with Gasteiger partial charge in [-0.1, -0.05) is 51.8 Å². The van der Waals surface area contributed by atoms with Crippen molar-refractivity contribution in [2.24, 2.45) is 0 Å². The molecule has 0 atom stereocenters. The summed E-state index contributed by atoms with van der Waals surface area (Å²) in [6, 6.07) is 18.2. The van der Waals surface area contributed by atoms with Crippen LogP contribution in [-0.4, -0.2) is 24.5 Å². The van der Waals surface area contributed by atoms with Crippen molar-refractivity contribution in [1.29, 1.82) is 0 Å². The summed E-state index contributed by atoms with van der Waals surface area (Å²) in [6.07, 6.45) is 1.38. The number of nitrogens with one attached hydrogen (secondary N) is 1. The number of anilines is 1. The van der Waals surface area contributed by atoms with Gasteiger partial charge in [-0.3, -0.25) is 14.9 Å². The Bertz CT molecular complexity index is 1320. The highest BCUT2D eigenvalue weighted by molar-refractivity contribution is 9.10. The minimum Gasteiger partial charge on any atom is -0.494 e. The maximum atomic E-state index is 13.1. The van der Waals surface area contributed by atoms with Crippen LogP contribution in [0, 0.1) is 0 Å². The van der Waals surface area contributed by atoms with Crippen LogP contribution in [-0.2, 0) is 16.2 Å². The van der Waals surface area contributed by atoms with E-state index in [1.807, 2.05) is 31.2 Å². The lowest BCUT2D eigenvalue weighted by molar-refractivity contribution is -0.122. The maximum absolute atomic E-state index is 13.1. The van der Waals surface area contributed by atoms with Crippen molar-refractivity contribution in [3.05, 3.63) is 92.9 Å². The largest absolute Gasteiger partial charge is 0.494 e. The molecule has 1 fully saturated rings. The number of barbiturate groups is 1. The molecule has 3 aromatic rings. The Morgan fingerprint density at radius 3 is 2.43 bits per heavy atom. The normalized spacial score (nSPS) is 14.8. The van der Waals surface area contributed by atoms with E-state index in [-0.39, 0.29) is 5.57 Å². The second-order valence-corrected chi connectivity index (χ2v) is 8.72. The summed E-state index contributed by atoms with van der Waals surface area (Å²) < 4.78 is 12.1. The molecule has 7 nitrogen and oxygen atoms in total. The Morgan fingerprint density at radius 1 is 1.00 bits per heavy atom. The fourth-order valence-electron chi connectivity index (χ4n) is 3.41. The first kappa shape index (κ1) is 24.5. The van der Waals surface area contributed by atoms with E-state index in [4.69, 9.17) is 21.1 Å². The van der Waals surface area contributed by atoms with Crippen LogP contribution in [0.3, 0.4) is 0 Å². The minimum absolute atomic E-state index is 0.198. The molecule has 9 heteroatoms. The Kier molecular flexibility index (Phi) is 7.53. The maximum Gasteiger partial charge on any atom is 0.335 e. The molecule has 3 aromatic carbocycles. The van der Waals surface area contributed by atoms with Gasteiger partial charge in [0, 0.05) is 10.0 Å². The predicted octanol–water partition coefficient (Wildman–Crippen LogP) is 5.75. The van der Waals surface area contributed by atoms with Crippen LogP contribution < -0.4 is 19.7 Å². The van der Waals surface area contributed by atoms with Gasteiger partial charge in [0.15, 0.2) is 0 Å². The molecule has 1 heterocycles. The number of carbonyl (C=O) groups is 3. The molecule has 1 aliphatic rings. The lowest BCUT2D eigenvalue weighted by atomic mass is 10.1. The SMILES string of the molecule is CCOc1ccc(N2C(=O)NC(=O)/C(=C\c3ccc(OCc4ccccc4Br)c(Cl)c3)C2=O)cc1. The molecule has 35 heavy (non-hydrogen) atoms. The smallest absolute Gasteiger partial charge is 0.335 e. The monoisotopic (exact) mass is 554 g/mol. The molecule has 1 aliphatic heterocycles. The summed E-state index contributed by atoms with van der Waals surface area (Å²) in [5.74, 6) is -0.472. The van der Waals surface area contributed by atoms with E-state index in [9.17, 15) is 14.4 Å². The van der Waals surface area contributed by atoms with E-state index in [2.05, 4.69) is 21.2 Å². The van der Waals surface area contributed by atoms with E-state index in [1.165, 1.54) is 6.08 Å². The summed E-state index contributed by atoms with van der Waals surface area (Å²) >= 11 is 9.86. The second kappa shape index (κ2) is 10.8. The van der Waals surface area contributed by atoms with Crippen LogP contribution in [0.4, 0.5) is 10.5 Å². The average Bonchev–Trinajstić information content (AvgIpc) is 2.83. The summed E-state index contributed by atoms with van der Waals surface area (Å²) in [7, 11) is 0. The zero-order valence-electron chi connectivity index (χ0n) is 18.6. The van der Waals surface area contributed by atoms with Crippen LogP contribution >= 0.6 is 27.5 Å². The molecule has 0 saturated carbocycles. The van der Waals surface area contributed by atoms with Gasteiger partial charge in [-0.2, -0.15) is 0 Å². The summed E-state index contributed by atoms with van der Waals surface area (Å²) in [5.41, 5.74) is 1.57. The lowest BCUT2D eigenvalue weighted by Crippen LogP contribution is -2.54. The third kappa shape index (κ3) is 5.55. The van der Waals surface area contributed by atoms with Crippen molar-refractivity contribution in [2.45, 2.75) is 13.5 Å². The molecular weight excluding hydrogens is 536 g/mol. The van der Waals surface area contributed by atoms with Crippen LogP contribution in [0.15, 0.2) is 76.8 Å². The van der Waals surface area contributed by atoms with Crippen molar-refractivity contribution in [1.82, 2.24) is 5.32 Å². The van der Waals surface area contributed by atoms with Crippen LogP contribution in [0.2, 0.25) is 5.02 Å². The number of ether oxygens (including phenoxy) is 2. The molecule has 0 bridgehead atoms. The number of hydrogen-bond donors (Lipinski definition) is 1. The number of benzene rings is 3. The molecule has 178 valence electrons. The number of halogens is 2. The number of imide groups is 2. The van der Waals surface area contributed by atoms with Crippen LogP contribution in [0.5, 0.6) is 11.5 Å². The van der Waals surface area contributed by atoms with Gasteiger partial charge in [-0.05, 0) is 61.0 Å². The molecule has 4 rings (SSSR count). The first-order valence-corrected chi connectivity index (χ1v) is 11.8. The Hall–Kier alpha value is -3.62. The van der Waals surface area contributed by atoms with Gasteiger partial charge >= 0.3 is 6.03 Å². The standard InChI is InChI=1S/C26H20BrClN2O5/c1-2-34-19-10-8-18(9-11-19)30-25(32)20(24(31)29-26(30)33)13-16-7-12-23(22(28)14-16)35-15-17-5-3-4-6-21(17)27/h3-14H,2,15H2,1H3,(H,29,31,33)/b20-13+. The second-order valence-electron chi connectivity index (χ2n) is 7.45. The molecule has 0 radical (unpaired) electrons. The van der Waals surface area contributed by atoms with Crippen molar-refractivity contribution >= 4 is 57.1 Å². The molecular formula is C26H20BrClN2O5. The minimum atomic E-state index is -0.824. The van der Waals surface area contributed by atoms with Gasteiger partial charge in [0.1, 0.15) is 23.7 Å². The van der Waals surface area contributed by atoms with Crippen LogP contribution in [0.1, 0.15) is 18.1 Å². The number of amides is 4. The van der Waals surface area contributed by atoms with Crippen LogP contribution in [0.25, 0.3) is 6.08 Å². The highest BCUT2D eigenvalue weighted by Gasteiger charge is 2.36. The Labute approximate surface area is 215 Å². The third-order valence-electron chi connectivity index (χ3n) is 5.12. The van der Waals surface area contributed by atoms with Gasteiger partial charge < -0.3 is 9.47 Å². The zero-order chi connectivity index (χ0) is 24.9. The molecule has 0 unspecified atom stereocenters.